The SMILES string of the molecule is Brc1ccc(NCc2nnc3n2CCCCC3)nc1. The van der Waals surface area contributed by atoms with Crippen LogP contribution in [0.4, 0.5) is 5.82 Å². The molecule has 100 valence electrons. The fraction of sp³-hybridized carbons (Fsp3) is 0.462. The van der Waals surface area contributed by atoms with Gasteiger partial charge in [0, 0.05) is 23.6 Å². The summed E-state index contributed by atoms with van der Waals surface area (Å²) in [6.45, 7) is 1.70. The second kappa shape index (κ2) is 5.69. The second-order valence-electron chi connectivity index (χ2n) is 4.71. The van der Waals surface area contributed by atoms with E-state index in [0.717, 1.165) is 34.9 Å². The highest BCUT2D eigenvalue weighted by atomic mass is 79.9. The van der Waals surface area contributed by atoms with E-state index in [1.807, 2.05) is 12.1 Å². The number of pyridine rings is 1. The molecule has 3 heterocycles. The summed E-state index contributed by atoms with van der Waals surface area (Å²) < 4.78 is 3.23. The first-order valence-corrected chi connectivity index (χ1v) is 7.38. The minimum Gasteiger partial charge on any atom is -0.363 e. The van der Waals surface area contributed by atoms with Crippen LogP contribution in [-0.2, 0) is 19.5 Å². The maximum absolute atomic E-state index is 4.29. The average molecular weight is 322 g/mol. The maximum atomic E-state index is 4.29. The number of halogens is 1. The minimum absolute atomic E-state index is 0.668. The van der Waals surface area contributed by atoms with Crippen molar-refractivity contribution in [3.8, 4) is 0 Å². The van der Waals surface area contributed by atoms with Crippen LogP contribution in [0.1, 0.15) is 30.9 Å². The van der Waals surface area contributed by atoms with E-state index in [0.29, 0.717) is 6.54 Å². The van der Waals surface area contributed by atoms with E-state index in [9.17, 15) is 0 Å². The van der Waals surface area contributed by atoms with Crippen molar-refractivity contribution in [2.45, 2.75) is 38.8 Å². The van der Waals surface area contributed by atoms with Crippen LogP contribution in [0.2, 0.25) is 0 Å². The van der Waals surface area contributed by atoms with Gasteiger partial charge in [-0.15, -0.1) is 10.2 Å². The summed E-state index contributed by atoms with van der Waals surface area (Å²) in [6, 6.07) is 3.92. The van der Waals surface area contributed by atoms with Crippen LogP contribution in [0.25, 0.3) is 0 Å². The predicted octanol–water partition coefficient (Wildman–Crippen LogP) is 2.77. The largest absolute Gasteiger partial charge is 0.363 e. The molecule has 0 aromatic carbocycles. The van der Waals surface area contributed by atoms with Crippen molar-refractivity contribution in [1.29, 1.82) is 0 Å². The lowest BCUT2D eigenvalue weighted by Gasteiger charge is -2.08. The van der Waals surface area contributed by atoms with E-state index >= 15 is 0 Å². The van der Waals surface area contributed by atoms with Gasteiger partial charge in [0.05, 0.1) is 6.54 Å². The molecule has 5 nitrogen and oxygen atoms in total. The van der Waals surface area contributed by atoms with Gasteiger partial charge in [-0.1, -0.05) is 6.42 Å². The first kappa shape index (κ1) is 12.6. The Labute approximate surface area is 120 Å². The Hall–Kier alpha value is -1.43. The van der Waals surface area contributed by atoms with Gasteiger partial charge in [-0.2, -0.15) is 0 Å². The van der Waals surface area contributed by atoms with Crippen molar-refractivity contribution in [1.82, 2.24) is 19.7 Å². The summed E-state index contributed by atoms with van der Waals surface area (Å²) in [4.78, 5) is 4.29. The lowest BCUT2D eigenvalue weighted by Crippen LogP contribution is -2.10. The van der Waals surface area contributed by atoms with Gasteiger partial charge in [-0.05, 0) is 40.9 Å². The van der Waals surface area contributed by atoms with E-state index in [1.54, 1.807) is 6.20 Å². The molecule has 0 saturated carbocycles. The summed E-state index contributed by atoms with van der Waals surface area (Å²) >= 11 is 3.38. The molecule has 1 aliphatic rings. The normalized spacial score (nSPS) is 14.8. The summed E-state index contributed by atoms with van der Waals surface area (Å²) in [5.74, 6) is 2.98. The average Bonchev–Trinajstić information content (AvgIpc) is 2.66. The molecule has 6 heteroatoms. The van der Waals surface area contributed by atoms with Crippen LogP contribution in [0.5, 0.6) is 0 Å². The maximum Gasteiger partial charge on any atom is 0.152 e. The van der Waals surface area contributed by atoms with Crippen LogP contribution in [0.15, 0.2) is 22.8 Å². The van der Waals surface area contributed by atoms with Crippen molar-refractivity contribution in [2.75, 3.05) is 5.32 Å². The zero-order chi connectivity index (χ0) is 13.1. The monoisotopic (exact) mass is 321 g/mol. The topological polar surface area (TPSA) is 55.6 Å². The van der Waals surface area contributed by atoms with E-state index in [4.69, 9.17) is 0 Å². The first-order chi connectivity index (χ1) is 9.33. The Balaban J connectivity index is 1.70. The molecule has 0 aliphatic carbocycles. The molecule has 0 spiro atoms. The van der Waals surface area contributed by atoms with Crippen molar-refractivity contribution in [3.63, 3.8) is 0 Å². The predicted molar refractivity (Wildman–Crippen MR) is 76.8 cm³/mol. The van der Waals surface area contributed by atoms with Gasteiger partial charge in [0.1, 0.15) is 11.6 Å². The molecule has 3 rings (SSSR count). The molecule has 0 bridgehead atoms. The van der Waals surface area contributed by atoms with Gasteiger partial charge in [0.15, 0.2) is 5.82 Å². The third kappa shape index (κ3) is 2.94. The molecule has 0 atom stereocenters. The van der Waals surface area contributed by atoms with Crippen molar-refractivity contribution in [3.05, 3.63) is 34.5 Å². The molecular formula is C13H16BrN5. The Morgan fingerprint density at radius 1 is 1.21 bits per heavy atom. The minimum atomic E-state index is 0.668. The second-order valence-corrected chi connectivity index (χ2v) is 5.63. The Morgan fingerprint density at radius 3 is 3.00 bits per heavy atom. The Morgan fingerprint density at radius 2 is 2.16 bits per heavy atom. The summed E-state index contributed by atoms with van der Waals surface area (Å²) in [7, 11) is 0. The van der Waals surface area contributed by atoms with E-state index in [1.165, 1.54) is 19.3 Å². The van der Waals surface area contributed by atoms with Gasteiger partial charge < -0.3 is 9.88 Å². The summed E-state index contributed by atoms with van der Waals surface area (Å²) in [6.07, 6.45) is 6.55. The molecule has 0 amide bonds. The van der Waals surface area contributed by atoms with Crippen molar-refractivity contribution < 1.29 is 0 Å². The summed E-state index contributed by atoms with van der Waals surface area (Å²) in [5, 5.41) is 11.9. The number of hydrogen-bond acceptors (Lipinski definition) is 4. The van der Waals surface area contributed by atoms with Crippen LogP contribution in [0.3, 0.4) is 0 Å². The van der Waals surface area contributed by atoms with Gasteiger partial charge in [0.25, 0.3) is 0 Å². The summed E-state index contributed by atoms with van der Waals surface area (Å²) in [5.41, 5.74) is 0. The fourth-order valence-corrected chi connectivity index (χ4v) is 2.56. The van der Waals surface area contributed by atoms with Crippen LogP contribution < -0.4 is 5.32 Å². The number of aryl methyl sites for hydroxylation is 1. The number of aromatic nitrogens is 4. The van der Waals surface area contributed by atoms with Gasteiger partial charge in [-0.25, -0.2) is 4.98 Å². The van der Waals surface area contributed by atoms with Crippen LogP contribution >= 0.6 is 15.9 Å². The molecule has 0 radical (unpaired) electrons. The highest BCUT2D eigenvalue weighted by Crippen LogP contribution is 2.15. The molecule has 0 unspecified atom stereocenters. The molecule has 19 heavy (non-hydrogen) atoms. The van der Waals surface area contributed by atoms with E-state index in [2.05, 4.69) is 41.0 Å². The lowest BCUT2D eigenvalue weighted by molar-refractivity contribution is 0.610. The number of hydrogen-bond donors (Lipinski definition) is 1. The Kier molecular flexibility index (Phi) is 3.77. The number of nitrogens with zero attached hydrogens (tertiary/aromatic N) is 4. The molecule has 0 fully saturated rings. The molecule has 1 aliphatic heterocycles. The molecule has 2 aromatic heterocycles. The zero-order valence-corrected chi connectivity index (χ0v) is 12.2. The number of nitrogens with one attached hydrogen (secondary N) is 1. The quantitative estimate of drug-likeness (QED) is 0.944. The number of rotatable bonds is 3. The smallest absolute Gasteiger partial charge is 0.152 e. The Bertz CT molecular complexity index is 549. The van der Waals surface area contributed by atoms with E-state index < -0.39 is 0 Å². The van der Waals surface area contributed by atoms with Gasteiger partial charge >= 0.3 is 0 Å². The van der Waals surface area contributed by atoms with Crippen molar-refractivity contribution in [2.24, 2.45) is 0 Å². The number of anilines is 1. The fourth-order valence-electron chi connectivity index (χ4n) is 2.33. The lowest BCUT2D eigenvalue weighted by atomic mass is 10.2. The first-order valence-electron chi connectivity index (χ1n) is 6.59. The third-order valence-electron chi connectivity index (χ3n) is 3.34. The van der Waals surface area contributed by atoms with Gasteiger partial charge in [0.2, 0.25) is 0 Å². The highest BCUT2D eigenvalue weighted by Gasteiger charge is 2.14. The standard InChI is InChI=1S/C13H16BrN5/c14-10-5-6-11(15-8-10)16-9-13-18-17-12-4-2-1-3-7-19(12)13/h5-6,8H,1-4,7,9H2,(H,15,16). The van der Waals surface area contributed by atoms with E-state index in [-0.39, 0.29) is 0 Å². The van der Waals surface area contributed by atoms with Crippen LogP contribution in [0, 0.1) is 0 Å². The number of fused-ring (bicyclic) bond motifs is 1. The van der Waals surface area contributed by atoms with Crippen molar-refractivity contribution >= 4 is 21.7 Å². The third-order valence-corrected chi connectivity index (χ3v) is 3.81. The zero-order valence-electron chi connectivity index (χ0n) is 10.6. The molecule has 2 aromatic rings. The molecule has 1 N–H and O–H groups in total. The van der Waals surface area contributed by atoms with Gasteiger partial charge in [-0.3, -0.25) is 0 Å². The van der Waals surface area contributed by atoms with Crippen LogP contribution in [-0.4, -0.2) is 19.7 Å². The molecule has 0 saturated heterocycles. The molecular weight excluding hydrogens is 306 g/mol. The highest BCUT2D eigenvalue weighted by molar-refractivity contribution is 9.10.